The number of nitrogens with zero attached hydrogens (tertiary/aromatic N) is 4. The molecule has 0 saturated heterocycles. The van der Waals surface area contributed by atoms with E-state index in [9.17, 15) is 0 Å². The maximum absolute atomic E-state index is 5.99. The SMILES string of the molecule is CCOc1cc(CNCc2cccs2)ccc1Oc1nnnn1-c1ccccc1. The molecule has 0 spiro atoms. The smallest absolute Gasteiger partial charge is 0.346 e. The maximum Gasteiger partial charge on any atom is 0.346 e. The van der Waals surface area contributed by atoms with Crippen molar-refractivity contribution in [1.29, 1.82) is 0 Å². The second-order valence-corrected chi connectivity index (χ2v) is 7.24. The van der Waals surface area contributed by atoms with E-state index < -0.39 is 0 Å². The van der Waals surface area contributed by atoms with Crippen molar-refractivity contribution >= 4 is 11.3 Å². The van der Waals surface area contributed by atoms with E-state index in [2.05, 4.69) is 38.4 Å². The van der Waals surface area contributed by atoms with Gasteiger partial charge in [-0.1, -0.05) is 35.4 Å². The van der Waals surface area contributed by atoms with Gasteiger partial charge in [-0.3, -0.25) is 0 Å². The van der Waals surface area contributed by atoms with Crippen molar-refractivity contribution < 1.29 is 9.47 Å². The first kappa shape index (κ1) is 19.1. The van der Waals surface area contributed by atoms with Crippen LogP contribution in [0.1, 0.15) is 17.4 Å². The molecule has 2 heterocycles. The zero-order chi connectivity index (χ0) is 19.9. The van der Waals surface area contributed by atoms with Crippen LogP contribution >= 0.6 is 11.3 Å². The normalized spacial score (nSPS) is 10.8. The van der Waals surface area contributed by atoms with E-state index in [-0.39, 0.29) is 6.01 Å². The number of benzene rings is 2. The Labute approximate surface area is 172 Å². The highest BCUT2D eigenvalue weighted by molar-refractivity contribution is 7.09. The Balaban J connectivity index is 1.49. The topological polar surface area (TPSA) is 74.1 Å². The molecule has 0 saturated carbocycles. The summed E-state index contributed by atoms with van der Waals surface area (Å²) >= 11 is 1.75. The van der Waals surface area contributed by atoms with Crippen LogP contribution < -0.4 is 14.8 Å². The van der Waals surface area contributed by atoms with Gasteiger partial charge in [0.1, 0.15) is 0 Å². The zero-order valence-electron chi connectivity index (χ0n) is 16.0. The molecular formula is C21H21N5O2S. The van der Waals surface area contributed by atoms with E-state index in [0.29, 0.717) is 18.1 Å². The van der Waals surface area contributed by atoms with Crippen LogP contribution in [0.3, 0.4) is 0 Å². The predicted molar refractivity (Wildman–Crippen MR) is 112 cm³/mol. The van der Waals surface area contributed by atoms with Gasteiger partial charge in [0.25, 0.3) is 0 Å². The van der Waals surface area contributed by atoms with Crippen LogP contribution in [-0.2, 0) is 13.1 Å². The molecule has 0 aliphatic heterocycles. The Morgan fingerprint density at radius 1 is 1.00 bits per heavy atom. The molecule has 0 aliphatic carbocycles. The average Bonchev–Trinajstić information content (AvgIpc) is 3.43. The van der Waals surface area contributed by atoms with Gasteiger partial charge in [-0.25, -0.2) is 0 Å². The molecular weight excluding hydrogens is 386 g/mol. The number of aromatic nitrogens is 4. The van der Waals surface area contributed by atoms with Crippen LogP contribution in [0.5, 0.6) is 17.5 Å². The fourth-order valence-electron chi connectivity index (χ4n) is 2.83. The van der Waals surface area contributed by atoms with Crippen molar-refractivity contribution in [2.24, 2.45) is 0 Å². The van der Waals surface area contributed by atoms with Gasteiger partial charge in [0.2, 0.25) is 0 Å². The summed E-state index contributed by atoms with van der Waals surface area (Å²) in [4.78, 5) is 1.31. The summed E-state index contributed by atoms with van der Waals surface area (Å²) < 4.78 is 13.3. The van der Waals surface area contributed by atoms with Crippen molar-refractivity contribution in [1.82, 2.24) is 25.5 Å². The number of thiophene rings is 1. The Hall–Kier alpha value is -3.23. The number of ether oxygens (including phenoxy) is 2. The average molecular weight is 407 g/mol. The number of rotatable bonds is 9. The van der Waals surface area contributed by atoms with Crippen molar-refractivity contribution in [3.8, 4) is 23.2 Å². The fraction of sp³-hybridized carbons (Fsp3) is 0.190. The summed E-state index contributed by atoms with van der Waals surface area (Å²) in [7, 11) is 0. The van der Waals surface area contributed by atoms with Crippen molar-refractivity contribution in [3.63, 3.8) is 0 Å². The molecule has 0 fully saturated rings. The minimum absolute atomic E-state index is 0.278. The van der Waals surface area contributed by atoms with Gasteiger partial charge >= 0.3 is 6.01 Å². The molecule has 4 rings (SSSR count). The quantitative estimate of drug-likeness (QED) is 0.448. The predicted octanol–water partition coefficient (Wildman–Crippen LogP) is 4.20. The third kappa shape index (κ3) is 4.79. The molecule has 4 aromatic rings. The molecule has 0 atom stereocenters. The molecule has 2 aromatic heterocycles. The Bertz CT molecular complexity index is 1030. The molecule has 1 N–H and O–H groups in total. The van der Waals surface area contributed by atoms with Gasteiger partial charge in [0, 0.05) is 18.0 Å². The number of nitrogens with one attached hydrogen (secondary N) is 1. The van der Waals surface area contributed by atoms with E-state index in [1.165, 1.54) is 4.88 Å². The van der Waals surface area contributed by atoms with Crippen LogP contribution in [0.15, 0.2) is 66.0 Å². The number of para-hydroxylation sites is 1. The van der Waals surface area contributed by atoms with E-state index in [1.54, 1.807) is 16.0 Å². The lowest BCUT2D eigenvalue weighted by Gasteiger charge is -2.13. The number of hydrogen-bond acceptors (Lipinski definition) is 7. The molecule has 7 nitrogen and oxygen atoms in total. The highest BCUT2D eigenvalue weighted by Gasteiger charge is 2.14. The Kier molecular flexibility index (Phi) is 6.13. The van der Waals surface area contributed by atoms with Gasteiger partial charge in [-0.15, -0.1) is 11.3 Å². The summed E-state index contributed by atoms with van der Waals surface area (Å²) in [5, 5.41) is 17.3. The highest BCUT2D eigenvalue weighted by atomic mass is 32.1. The zero-order valence-corrected chi connectivity index (χ0v) is 16.8. The van der Waals surface area contributed by atoms with Crippen molar-refractivity contribution in [2.75, 3.05) is 6.61 Å². The molecule has 0 radical (unpaired) electrons. The third-order valence-corrected chi connectivity index (χ3v) is 5.04. The molecule has 8 heteroatoms. The monoisotopic (exact) mass is 407 g/mol. The lowest BCUT2D eigenvalue weighted by atomic mass is 10.2. The van der Waals surface area contributed by atoms with Gasteiger partial charge in [-0.05, 0) is 58.6 Å². The van der Waals surface area contributed by atoms with Crippen LogP contribution in [0.2, 0.25) is 0 Å². The molecule has 0 bridgehead atoms. The van der Waals surface area contributed by atoms with Gasteiger partial charge in [0.15, 0.2) is 11.5 Å². The third-order valence-electron chi connectivity index (χ3n) is 4.16. The standard InChI is InChI=1S/C21H21N5O2S/c1-2-27-20-13-16(14-22-15-18-9-6-12-29-18)10-11-19(20)28-21-23-24-25-26(21)17-7-4-3-5-8-17/h3-13,22H,2,14-15H2,1H3. The molecule has 29 heavy (non-hydrogen) atoms. The second kappa shape index (κ2) is 9.31. The maximum atomic E-state index is 5.99. The molecule has 148 valence electrons. The number of tetrazole rings is 1. The van der Waals surface area contributed by atoms with E-state index >= 15 is 0 Å². The molecule has 2 aromatic carbocycles. The summed E-state index contributed by atoms with van der Waals surface area (Å²) in [5.74, 6) is 1.23. The van der Waals surface area contributed by atoms with Crippen molar-refractivity contribution in [3.05, 3.63) is 76.5 Å². The first-order chi connectivity index (χ1) is 14.3. The van der Waals surface area contributed by atoms with Gasteiger partial charge in [-0.2, -0.15) is 4.68 Å². The lowest BCUT2D eigenvalue weighted by molar-refractivity contribution is 0.315. The Morgan fingerprint density at radius 2 is 1.90 bits per heavy atom. The highest BCUT2D eigenvalue weighted by Crippen LogP contribution is 2.32. The summed E-state index contributed by atoms with van der Waals surface area (Å²) in [6, 6.07) is 19.9. The first-order valence-corrected chi connectivity index (χ1v) is 10.2. The lowest BCUT2D eigenvalue weighted by Crippen LogP contribution is -2.12. The molecule has 0 unspecified atom stereocenters. The minimum atomic E-state index is 0.278. The van der Waals surface area contributed by atoms with Crippen LogP contribution in [0, 0.1) is 0 Å². The molecule has 0 aliphatic rings. The van der Waals surface area contributed by atoms with E-state index in [0.717, 1.165) is 24.3 Å². The van der Waals surface area contributed by atoms with Gasteiger partial charge in [0.05, 0.1) is 12.3 Å². The van der Waals surface area contributed by atoms with E-state index in [4.69, 9.17) is 9.47 Å². The summed E-state index contributed by atoms with van der Waals surface area (Å²) in [5.41, 5.74) is 1.93. The summed E-state index contributed by atoms with van der Waals surface area (Å²) in [6.45, 7) is 4.05. The fourth-order valence-corrected chi connectivity index (χ4v) is 3.50. The first-order valence-electron chi connectivity index (χ1n) is 9.34. The van der Waals surface area contributed by atoms with Gasteiger partial charge < -0.3 is 14.8 Å². The largest absolute Gasteiger partial charge is 0.490 e. The van der Waals surface area contributed by atoms with Crippen LogP contribution in [0.4, 0.5) is 0 Å². The summed E-state index contributed by atoms with van der Waals surface area (Å²) in [6.07, 6.45) is 0. The molecule has 0 amide bonds. The van der Waals surface area contributed by atoms with Crippen LogP contribution in [-0.4, -0.2) is 26.8 Å². The second-order valence-electron chi connectivity index (χ2n) is 6.21. The van der Waals surface area contributed by atoms with Crippen molar-refractivity contribution in [2.45, 2.75) is 20.0 Å². The van der Waals surface area contributed by atoms with E-state index in [1.807, 2.05) is 55.5 Å². The minimum Gasteiger partial charge on any atom is -0.490 e. The number of hydrogen-bond donors (Lipinski definition) is 1. The Morgan fingerprint density at radius 3 is 2.69 bits per heavy atom. The van der Waals surface area contributed by atoms with Crippen LogP contribution in [0.25, 0.3) is 5.69 Å².